The zero-order valence-corrected chi connectivity index (χ0v) is 18.8. The second-order valence-corrected chi connectivity index (χ2v) is 9.90. The van der Waals surface area contributed by atoms with Crippen LogP contribution in [0.5, 0.6) is 0 Å². The molecule has 2 aliphatic carbocycles. The molecule has 0 saturated heterocycles. The molecule has 0 radical (unpaired) electrons. The fraction of sp³-hybridized carbons (Fsp3) is 0.833. The van der Waals surface area contributed by atoms with Crippen molar-refractivity contribution >= 4 is 11.9 Å². The van der Waals surface area contributed by atoms with E-state index in [-0.39, 0.29) is 17.5 Å². The van der Waals surface area contributed by atoms with Crippen LogP contribution in [0.3, 0.4) is 0 Å². The van der Waals surface area contributed by atoms with Crippen molar-refractivity contribution in [2.24, 2.45) is 23.2 Å². The van der Waals surface area contributed by atoms with Crippen molar-refractivity contribution in [1.29, 1.82) is 0 Å². The Hall–Kier alpha value is -1.32. The first-order valence-electron chi connectivity index (χ1n) is 11.1. The Kier molecular flexibility index (Phi) is 7.75. The lowest BCUT2D eigenvalue weighted by Crippen LogP contribution is -2.36. The molecule has 2 fully saturated rings. The second kappa shape index (κ2) is 9.45. The summed E-state index contributed by atoms with van der Waals surface area (Å²) < 4.78 is 10.6. The van der Waals surface area contributed by atoms with Crippen LogP contribution in [0.15, 0.2) is 11.6 Å². The lowest BCUT2D eigenvalue weighted by molar-refractivity contribution is -0.154. The second-order valence-electron chi connectivity index (χ2n) is 9.90. The maximum absolute atomic E-state index is 11.3. The molecule has 0 N–H and O–H groups in total. The van der Waals surface area contributed by atoms with Gasteiger partial charge in [-0.1, -0.05) is 25.8 Å². The lowest BCUT2D eigenvalue weighted by atomic mass is 9.60. The predicted molar refractivity (Wildman–Crippen MR) is 112 cm³/mol. The molecule has 160 valence electrons. The van der Waals surface area contributed by atoms with Crippen molar-refractivity contribution < 1.29 is 19.1 Å². The summed E-state index contributed by atoms with van der Waals surface area (Å²) in [5.74, 6) is 1.66. The Bertz CT molecular complexity index is 591. The Balaban J connectivity index is 1.94. The molecule has 0 aliphatic heterocycles. The van der Waals surface area contributed by atoms with E-state index < -0.39 is 0 Å². The summed E-state index contributed by atoms with van der Waals surface area (Å²) >= 11 is 0. The van der Waals surface area contributed by atoms with Crippen LogP contribution < -0.4 is 0 Å². The minimum atomic E-state index is -0.370. The van der Waals surface area contributed by atoms with E-state index >= 15 is 0 Å². The van der Waals surface area contributed by atoms with Crippen molar-refractivity contribution in [3.8, 4) is 0 Å². The van der Waals surface area contributed by atoms with E-state index in [0.717, 1.165) is 25.2 Å². The molecular weight excluding hydrogens is 352 g/mol. The van der Waals surface area contributed by atoms with Gasteiger partial charge in [0.15, 0.2) is 0 Å². The van der Waals surface area contributed by atoms with Crippen LogP contribution in [0.4, 0.5) is 0 Å². The Morgan fingerprint density at radius 1 is 1.25 bits per heavy atom. The van der Waals surface area contributed by atoms with Crippen molar-refractivity contribution in [2.45, 2.75) is 98.5 Å². The maximum atomic E-state index is 11.3. The van der Waals surface area contributed by atoms with E-state index in [2.05, 4.69) is 19.9 Å². The average Bonchev–Trinajstić information content (AvgIpc) is 2.91. The number of esters is 2. The molecule has 0 amide bonds. The molecule has 2 saturated carbocycles. The van der Waals surface area contributed by atoms with Crippen LogP contribution in [0.1, 0.15) is 92.9 Å². The molecular formula is C24H40O4. The van der Waals surface area contributed by atoms with E-state index in [0.29, 0.717) is 23.9 Å². The van der Waals surface area contributed by atoms with E-state index in [9.17, 15) is 9.59 Å². The van der Waals surface area contributed by atoms with Crippen molar-refractivity contribution in [3.05, 3.63) is 11.6 Å². The highest BCUT2D eigenvalue weighted by Crippen LogP contribution is 2.59. The largest absolute Gasteiger partial charge is 0.462 e. The highest BCUT2D eigenvalue weighted by Gasteiger charge is 2.50. The first kappa shape index (κ1) is 23.0. The van der Waals surface area contributed by atoms with Gasteiger partial charge in [0.25, 0.3) is 0 Å². The molecule has 4 unspecified atom stereocenters. The van der Waals surface area contributed by atoms with Crippen molar-refractivity contribution in [2.75, 3.05) is 6.61 Å². The standard InChI is InChI=1S/C24H40O4/c1-17(9-7-14-23(4,5)28-19(3)26)21-11-12-22-20(13-16-27-18(2)25)10-8-15-24(21,22)6/h13,17,21-22H,7-12,14-16H2,1-6H3/b20-13+. The normalized spacial score (nSPS) is 30.0. The van der Waals surface area contributed by atoms with Crippen LogP contribution in [-0.2, 0) is 19.1 Å². The maximum Gasteiger partial charge on any atom is 0.303 e. The summed E-state index contributed by atoms with van der Waals surface area (Å²) in [6, 6.07) is 0. The van der Waals surface area contributed by atoms with Crippen LogP contribution in [-0.4, -0.2) is 24.1 Å². The first-order chi connectivity index (χ1) is 13.0. The number of carbonyl (C=O) groups is 2. The van der Waals surface area contributed by atoms with Gasteiger partial charge in [0.1, 0.15) is 12.2 Å². The van der Waals surface area contributed by atoms with Gasteiger partial charge in [-0.2, -0.15) is 0 Å². The fourth-order valence-electron chi connectivity index (χ4n) is 6.02. The van der Waals surface area contributed by atoms with Gasteiger partial charge in [0, 0.05) is 13.8 Å². The van der Waals surface area contributed by atoms with Crippen LogP contribution in [0.2, 0.25) is 0 Å². The fourth-order valence-corrected chi connectivity index (χ4v) is 6.02. The van der Waals surface area contributed by atoms with Gasteiger partial charge in [0.05, 0.1) is 0 Å². The predicted octanol–water partition coefficient (Wildman–Crippen LogP) is 5.84. The highest BCUT2D eigenvalue weighted by molar-refractivity contribution is 5.66. The van der Waals surface area contributed by atoms with Gasteiger partial charge in [-0.3, -0.25) is 9.59 Å². The monoisotopic (exact) mass is 392 g/mol. The number of allylic oxidation sites excluding steroid dienone is 1. The molecule has 0 spiro atoms. The van der Waals surface area contributed by atoms with Gasteiger partial charge in [-0.05, 0) is 88.0 Å². The number of ether oxygens (including phenoxy) is 2. The molecule has 28 heavy (non-hydrogen) atoms. The van der Waals surface area contributed by atoms with Crippen LogP contribution in [0, 0.1) is 23.2 Å². The van der Waals surface area contributed by atoms with E-state index in [1.54, 1.807) is 0 Å². The minimum absolute atomic E-state index is 0.195. The zero-order chi connectivity index (χ0) is 20.9. The minimum Gasteiger partial charge on any atom is -0.462 e. The summed E-state index contributed by atoms with van der Waals surface area (Å²) in [6.45, 7) is 12.3. The Morgan fingerprint density at radius 3 is 2.61 bits per heavy atom. The molecule has 0 heterocycles. The molecule has 2 rings (SSSR count). The average molecular weight is 393 g/mol. The third-order valence-corrected chi connectivity index (χ3v) is 7.22. The summed E-state index contributed by atoms with van der Waals surface area (Å²) in [5, 5.41) is 0. The Morgan fingerprint density at radius 2 is 1.96 bits per heavy atom. The smallest absolute Gasteiger partial charge is 0.303 e. The van der Waals surface area contributed by atoms with E-state index in [1.165, 1.54) is 51.5 Å². The van der Waals surface area contributed by atoms with Gasteiger partial charge in [0.2, 0.25) is 0 Å². The number of hydrogen-bond acceptors (Lipinski definition) is 4. The van der Waals surface area contributed by atoms with Crippen molar-refractivity contribution in [3.63, 3.8) is 0 Å². The lowest BCUT2D eigenvalue weighted by Gasteiger charge is -2.44. The Labute approximate surface area is 171 Å². The highest BCUT2D eigenvalue weighted by atomic mass is 16.6. The van der Waals surface area contributed by atoms with Crippen LogP contribution >= 0.6 is 0 Å². The van der Waals surface area contributed by atoms with Gasteiger partial charge < -0.3 is 9.47 Å². The van der Waals surface area contributed by atoms with Gasteiger partial charge in [-0.25, -0.2) is 0 Å². The van der Waals surface area contributed by atoms with E-state index in [1.807, 2.05) is 13.8 Å². The topological polar surface area (TPSA) is 52.6 Å². The van der Waals surface area contributed by atoms with Crippen LogP contribution in [0.25, 0.3) is 0 Å². The number of rotatable bonds is 8. The summed E-state index contributed by atoms with van der Waals surface area (Å²) in [5.41, 5.74) is 1.51. The quantitative estimate of drug-likeness (QED) is 0.384. The van der Waals surface area contributed by atoms with Crippen molar-refractivity contribution in [1.82, 2.24) is 0 Å². The molecule has 4 nitrogen and oxygen atoms in total. The molecule has 4 atom stereocenters. The SMILES string of the molecule is CC(=O)OC/C=C1\CCCC2(C)C1CCC2C(C)CCCC(C)(C)OC(C)=O. The third kappa shape index (κ3) is 5.84. The number of carbonyl (C=O) groups excluding carboxylic acids is 2. The molecule has 0 aromatic carbocycles. The van der Waals surface area contributed by atoms with Gasteiger partial charge >= 0.3 is 11.9 Å². The summed E-state index contributed by atoms with van der Waals surface area (Å²) in [7, 11) is 0. The summed E-state index contributed by atoms with van der Waals surface area (Å²) in [4.78, 5) is 22.3. The van der Waals surface area contributed by atoms with Gasteiger partial charge in [-0.15, -0.1) is 0 Å². The molecule has 4 heteroatoms. The molecule has 0 bridgehead atoms. The number of fused-ring (bicyclic) bond motifs is 1. The molecule has 0 aromatic rings. The zero-order valence-electron chi connectivity index (χ0n) is 18.8. The molecule has 2 aliphatic rings. The first-order valence-corrected chi connectivity index (χ1v) is 11.1. The third-order valence-electron chi connectivity index (χ3n) is 7.22. The van der Waals surface area contributed by atoms with E-state index in [4.69, 9.17) is 9.47 Å². The molecule has 0 aromatic heterocycles. The summed E-state index contributed by atoms with van der Waals surface area (Å²) in [6.07, 6.45) is 11.6. The number of hydrogen-bond donors (Lipinski definition) is 0.